The number of aliphatic hydroxyl groups is 1. The zero-order chi connectivity index (χ0) is 33.0. The van der Waals surface area contributed by atoms with Crippen LogP contribution in [-0.2, 0) is 39.3 Å². The van der Waals surface area contributed by atoms with Crippen LogP contribution >= 0.6 is 11.8 Å². The molecule has 0 radical (unpaired) electrons. The van der Waals surface area contributed by atoms with Gasteiger partial charge in [0.25, 0.3) is 0 Å². The number of aliphatic hydroxyl groups excluding tert-OH is 1. The van der Waals surface area contributed by atoms with Crippen molar-refractivity contribution < 1.29 is 24.2 Å². The van der Waals surface area contributed by atoms with Gasteiger partial charge in [-0.1, -0.05) is 91.0 Å². The number of carbonyl (C=O) groups is 2. The molecule has 3 atom stereocenters. The third-order valence-corrected chi connectivity index (χ3v) is 9.18. The second-order valence-corrected chi connectivity index (χ2v) is 12.6. The van der Waals surface area contributed by atoms with E-state index in [2.05, 4.69) is 44.4 Å². The fourth-order valence-electron chi connectivity index (χ4n) is 5.44. The third kappa shape index (κ3) is 9.94. The fraction of sp³-hybridized carbons (Fsp3) is 0.400. The van der Waals surface area contributed by atoms with Gasteiger partial charge in [0.1, 0.15) is 0 Å². The van der Waals surface area contributed by atoms with Gasteiger partial charge in [-0.25, -0.2) is 4.68 Å². The van der Waals surface area contributed by atoms with E-state index < -0.39 is 6.29 Å². The Labute approximate surface area is 279 Å². The smallest absolute Gasteiger partial charge is 0.220 e. The summed E-state index contributed by atoms with van der Waals surface area (Å²) < 4.78 is 14.6. The molecule has 0 unspecified atom stereocenters. The van der Waals surface area contributed by atoms with E-state index in [4.69, 9.17) is 9.47 Å². The highest BCUT2D eigenvalue weighted by atomic mass is 32.2. The molecular formula is C35H42N6O5S. The van der Waals surface area contributed by atoms with Gasteiger partial charge in [0.2, 0.25) is 17.0 Å². The standard InChI is InChI=1S/C35H42N6O5S/c1-24(43)36-19-7-3-4-10-33(44)37-21-29-8-5-6-9-31(29)26-15-17-28(18-16-26)34-45-30(23-47-35-38-39-40-41(35)2)20-32(46-34)27-13-11-25(22-42)12-14-27/h5-6,8-9,11-18,30,32,34,42H,3-4,7,10,19-23H2,1-2H3,(H,36,43)(H,37,44)/t30-,32+,34+/m0/s1. The van der Waals surface area contributed by atoms with Gasteiger partial charge in [-0.05, 0) is 51.1 Å². The van der Waals surface area contributed by atoms with Gasteiger partial charge < -0.3 is 25.2 Å². The van der Waals surface area contributed by atoms with Gasteiger partial charge in [-0.2, -0.15) is 0 Å². The number of benzene rings is 3. The molecule has 3 N–H and O–H groups in total. The van der Waals surface area contributed by atoms with Crippen molar-refractivity contribution in [3.05, 3.63) is 95.1 Å². The first kappa shape index (κ1) is 34.2. The molecular weight excluding hydrogens is 616 g/mol. The highest BCUT2D eigenvalue weighted by Crippen LogP contribution is 2.39. The summed E-state index contributed by atoms with van der Waals surface area (Å²) in [5.74, 6) is 0.650. The van der Waals surface area contributed by atoms with Crippen LogP contribution in [0.5, 0.6) is 0 Å². The molecule has 2 heterocycles. The van der Waals surface area contributed by atoms with Crippen LogP contribution < -0.4 is 10.6 Å². The highest BCUT2D eigenvalue weighted by molar-refractivity contribution is 7.99. The van der Waals surface area contributed by atoms with E-state index in [0.29, 0.717) is 31.7 Å². The van der Waals surface area contributed by atoms with Crippen molar-refractivity contribution in [1.82, 2.24) is 30.8 Å². The third-order valence-electron chi connectivity index (χ3n) is 8.04. The van der Waals surface area contributed by atoms with E-state index in [1.807, 2.05) is 61.6 Å². The lowest BCUT2D eigenvalue weighted by Crippen LogP contribution is -2.31. The summed E-state index contributed by atoms with van der Waals surface area (Å²) in [5, 5.41) is 27.8. The lowest BCUT2D eigenvalue weighted by molar-refractivity contribution is -0.245. The first-order valence-electron chi connectivity index (χ1n) is 15.9. The number of rotatable bonds is 15. The molecule has 0 saturated carbocycles. The summed E-state index contributed by atoms with van der Waals surface area (Å²) in [5.41, 5.74) is 5.91. The quantitative estimate of drug-likeness (QED) is 0.119. The predicted molar refractivity (Wildman–Crippen MR) is 179 cm³/mol. The van der Waals surface area contributed by atoms with Gasteiger partial charge in [0, 0.05) is 51.2 Å². The van der Waals surface area contributed by atoms with Crippen LogP contribution in [0.3, 0.4) is 0 Å². The van der Waals surface area contributed by atoms with E-state index in [9.17, 15) is 14.7 Å². The molecule has 47 heavy (non-hydrogen) atoms. The van der Waals surface area contributed by atoms with Crippen LogP contribution in [-0.4, -0.2) is 55.5 Å². The Kier molecular flexibility index (Phi) is 12.5. The SMILES string of the molecule is CC(=O)NCCCCCC(=O)NCc1ccccc1-c1ccc([C@@H]2O[C@H](CSc3nnnn3C)C[C@H](c3ccc(CO)cc3)O2)cc1. The van der Waals surface area contributed by atoms with Gasteiger partial charge in [-0.15, -0.1) is 5.10 Å². The topological polar surface area (TPSA) is 140 Å². The predicted octanol–water partition coefficient (Wildman–Crippen LogP) is 5.02. The first-order valence-corrected chi connectivity index (χ1v) is 16.9. The number of tetrazole rings is 1. The molecule has 3 aromatic carbocycles. The van der Waals surface area contributed by atoms with Gasteiger partial charge in [-0.3, -0.25) is 9.59 Å². The van der Waals surface area contributed by atoms with Gasteiger partial charge in [0.05, 0.1) is 18.8 Å². The van der Waals surface area contributed by atoms with Crippen LogP contribution in [0.15, 0.2) is 78.0 Å². The van der Waals surface area contributed by atoms with Crippen LogP contribution in [0.2, 0.25) is 0 Å². The molecule has 248 valence electrons. The minimum atomic E-state index is -0.573. The molecule has 0 aliphatic carbocycles. The Morgan fingerprint density at radius 1 is 0.957 bits per heavy atom. The second kappa shape index (κ2) is 17.2. The molecule has 12 heteroatoms. The van der Waals surface area contributed by atoms with Crippen molar-refractivity contribution in [3.63, 3.8) is 0 Å². The minimum absolute atomic E-state index is 0.00743. The Hall–Kier alpha value is -4.10. The molecule has 11 nitrogen and oxygen atoms in total. The van der Waals surface area contributed by atoms with Crippen molar-refractivity contribution in [3.8, 4) is 11.1 Å². The summed E-state index contributed by atoms with van der Waals surface area (Å²) in [7, 11) is 1.81. The Bertz CT molecular complexity index is 1600. The lowest BCUT2D eigenvalue weighted by Gasteiger charge is -2.36. The number of unbranched alkanes of at least 4 members (excludes halogenated alkanes) is 2. The van der Waals surface area contributed by atoms with E-state index in [1.54, 1.807) is 16.4 Å². The zero-order valence-electron chi connectivity index (χ0n) is 26.8. The van der Waals surface area contributed by atoms with Crippen LogP contribution in [0.1, 0.15) is 73.7 Å². The fourth-order valence-corrected chi connectivity index (χ4v) is 6.31. The number of hydrogen-bond donors (Lipinski definition) is 3. The zero-order valence-corrected chi connectivity index (χ0v) is 27.6. The summed E-state index contributed by atoms with van der Waals surface area (Å²) in [6.07, 6.45) is 2.79. The van der Waals surface area contributed by atoms with Crippen molar-refractivity contribution in [2.75, 3.05) is 12.3 Å². The average molecular weight is 659 g/mol. The van der Waals surface area contributed by atoms with Crippen LogP contribution in [0.25, 0.3) is 11.1 Å². The number of nitrogens with zero attached hydrogens (tertiary/aromatic N) is 4. The maximum absolute atomic E-state index is 12.5. The number of amides is 2. The number of nitrogens with one attached hydrogen (secondary N) is 2. The second-order valence-electron chi connectivity index (χ2n) is 11.6. The molecule has 0 spiro atoms. The lowest BCUT2D eigenvalue weighted by atomic mass is 9.97. The van der Waals surface area contributed by atoms with Crippen molar-refractivity contribution in [2.24, 2.45) is 7.05 Å². The van der Waals surface area contributed by atoms with E-state index in [0.717, 1.165) is 57.8 Å². The molecule has 5 rings (SSSR count). The van der Waals surface area contributed by atoms with Crippen LogP contribution in [0, 0.1) is 0 Å². The first-order chi connectivity index (χ1) is 22.9. The number of hydrogen-bond acceptors (Lipinski definition) is 9. The highest BCUT2D eigenvalue weighted by Gasteiger charge is 2.32. The van der Waals surface area contributed by atoms with Crippen molar-refractivity contribution >= 4 is 23.6 Å². The maximum atomic E-state index is 12.5. The maximum Gasteiger partial charge on any atom is 0.220 e. The van der Waals surface area contributed by atoms with Gasteiger partial charge in [0.15, 0.2) is 6.29 Å². The Morgan fingerprint density at radius 3 is 2.45 bits per heavy atom. The minimum Gasteiger partial charge on any atom is -0.392 e. The monoisotopic (exact) mass is 658 g/mol. The summed E-state index contributed by atoms with van der Waals surface area (Å²) in [6, 6.07) is 24.1. The number of aryl methyl sites for hydroxylation is 1. The largest absolute Gasteiger partial charge is 0.392 e. The van der Waals surface area contributed by atoms with Crippen molar-refractivity contribution in [2.45, 2.75) is 75.8 Å². The Balaban J connectivity index is 1.23. The molecule has 1 saturated heterocycles. The van der Waals surface area contributed by atoms with Gasteiger partial charge >= 0.3 is 0 Å². The normalized spacial score (nSPS) is 17.7. The van der Waals surface area contributed by atoms with Crippen LogP contribution in [0.4, 0.5) is 0 Å². The number of thioether (sulfide) groups is 1. The molecule has 4 aromatic rings. The molecule has 1 aromatic heterocycles. The number of carbonyl (C=O) groups excluding carboxylic acids is 2. The van der Waals surface area contributed by atoms with E-state index in [1.165, 1.54) is 6.92 Å². The summed E-state index contributed by atoms with van der Waals surface area (Å²) in [6.45, 7) is 2.58. The summed E-state index contributed by atoms with van der Waals surface area (Å²) >= 11 is 1.55. The number of ether oxygens (including phenoxy) is 2. The molecule has 1 fully saturated rings. The molecule has 1 aliphatic heterocycles. The molecule has 2 amide bonds. The van der Waals surface area contributed by atoms with Crippen molar-refractivity contribution in [1.29, 1.82) is 0 Å². The molecule has 1 aliphatic rings. The summed E-state index contributed by atoms with van der Waals surface area (Å²) in [4.78, 5) is 23.5. The molecule has 0 bridgehead atoms. The number of aromatic nitrogens is 4. The Morgan fingerprint density at radius 2 is 1.72 bits per heavy atom. The van der Waals surface area contributed by atoms with E-state index >= 15 is 0 Å². The average Bonchev–Trinajstić information content (AvgIpc) is 3.52. The van der Waals surface area contributed by atoms with E-state index in [-0.39, 0.29) is 30.6 Å².